The van der Waals surface area contributed by atoms with Gasteiger partial charge in [-0.3, -0.25) is 4.90 Å². The summed E-state index contributed by atoms with van der Waals surface area (Å²) in [6, 6.07) is 15.5. The molecule has 1 aromatic heterocycles. The molecule has 0 radical (unpaired) electrons. The summed E-state index contributed by atoms with van der Waals surface area (Å²) in [6.45, 7) is 3.98. The second-order valence-electron chi connectivity index (χ2n) is 7.05. The predicted octanol–water partition coefficient (Wildman–Crippen LogP) is 3.06. The number of nitrogens with zero attached hydrogens (tertiary/aromatic N) is 6. The third kappa shape index (κ3) is 4.73. The van der Waals surface area contributed by atoms with Crippen LogP contribution >= 0.6 is 0 Å². The molecular formula is C20H21F3N6. The van der Waals surface area contributed by atoms with Gasteiger partial charge in [0.05, 0.1) is 18.7 Å². The Hall–Kier alpha value is -2.94. The first kappa shape index (κ1) is 19.4. The molecule has 3 aromatic rings. The van der Waals surface area contributed by atoms with E-state index in [-0.39, 0.29) is 0 Å². The van der Waals surface area contributed by atoms with Crippen LogP contribution in [-0.2, 0) is 19.3 Å². The summed E-state index contributed by atoms with van der Waals surface area (Å²) in [5.74, 6) is 0.779. The van der Waals surface area contributed by atoms with Gasteiger partial charge in [0.2, 0.25) is 0 Å². The molecule has 9 heteroatoms. The Morgan fingerprint density at radius 2 is 1.62 bits per heavy atom. The average molecular weight is 402 g/mol. The van der Waals surface area contributed by atoms with Gasteiger partial charge < -0.3 is 4.90 Å². The SMILES string of the molecule is FC(F)(F)c1cccc(N2CCN(Cc3nnnn3Cc3ccccc3)CC2)c1. The summed E-state index contributed by atoms with van der Waals surface area (Å²) >= 11 is 0. The molecule has 152 valence electrons. The maximum absolute atomic E-state index is 13.0. The van der Waals surface area contributed by atoms with Crippen molar-refractivity contribution >= 4 is 5.69 Å². The van der Waals surface area contributed by atoms with Gasteiger partial charge in [-0.15, -0.1) is 5.10 Å². The Balaban J connectivity index is 1.36. The van der Waals surface area contributed by atoms with Gasteiger partial charge >= 0.3 is 6.18 Å². The molecule has 0 N–H and O–H groups in total. The van der Waals surface area contributed by atoms with E-state index >= 15 is 0 Å². The first-order valence-corrected chi connectivity index (χ1v) is 9.42. The average Bonchev–Trinajstić information content (AvgIpc) is 3.15. The zero-order valence-electron chi connectivity index (χ0n) is 15.8. The standard InChI is InChI=1S/C20H21F3N6/c21-20(22,23)17-7-4-8-18(13-17)28-11-9-27(10-12-28)15-19-24-25-26-29(19)14-16-5-2-1-3-6-16/h1-8,13H,9-12,14-15H2. The van der Waals surface area contributed by atoms with Crippen LogP contribution in [0.2, 0.25) is 0 Å². The lowest BCUT2D eigenvalue weighted by molar-refractivity contribution is -0.137. The van der Waals surface area contributed by atoms with E-state index in [4.69, 9.17) is 0 Å². The van der Waals surface area contributed by atoms with Crippen molar-refractivity contribution in [3.63, 3.8) is 0 Å². The fourth-order valence-corrected chi connectivity index (χ4v) is 3.46. The van der Waals surface area contributed by atoms with E-state index in [1.54, 1.807) is 10.7 Å². The maximum Gasteiger partial charge on any atom is 0.416 e. The zero-order chi connectivity index (χ0) is 20.3. The van der Waals surface area contributed by atoms with Crippen molar-refractivity contribution in [3.8, 4) is 0 Å². The normalized spacial score (nSPS) is 15.6. The van der Waals surface area contributed by atoms with Crippen LogP contribution in [0, 0.1) is 0 Å². The predicted molar refractivity (Wildman–Crippen MR) is 102 cm³/mol. The van der Waals surface area contributed by atoms with Gasteiger partial charge in [-0.2, -0.15) is 13.2 Å². The molecule has 0 amide bonds. The van der Waals surface area contributed by atoms with E-state index in [1.807, 2.05) is 35.2 Å². The molecule has 0 atom stereocenters. The molecule has 29 heavy (non-hydrogen) atoms. The topological polar surface area (TPSA) is 50.1 Å². The minimum Gasteiger partial charge on any atom is -0.369 e. The van der Waals surface area contributed by atoms with Gasteiger partial charge in [-0.05, 0) is 34.2 Å². The number of piperazine rings is 1. The van der Waals surface area contributed by atoms with Crippen molar-refractivity contribution in [3.05, 3.63) is 71.5 Å². The highest BCUT2D eigenvalue weighted by Crippen LogP contribution is 2.31. The van der Waals surface area contributed by atoms with Crippen molar-refractivity contribution in [2.75, 3.05) is 31.1 Å². The molecule has 0 bridgehead atoms. The van der Waals surface area contributed by atoms with Crippen LogP contribution in [0.5, 0.6) is 0 Å². The van der Waals surface area contributed by atoms with Crippen LogP contribution < -0.4 is 4.90 Å². The molecule has 1 aliphatic heterocycles. The Bertz CT molecular complexity index is 933. The van der Waals surface area contributed by atoms with Gasteiger partial charge in [-0.25, -0.2) is 4.68 Å². The molecule has 4 rings (SSSR count). The summed E-state index contributed by atoms with van der Waals surface area (Å²) in [5.41, 5.74) is 1.11. The first-order valence-electron chi connectivity index (χ1n) is 9.42. The number of aromatic nitrogens is 4. The monoisotopic (exact) mass is 402 g/mol. The van der Waals surface area contributed by atoms with E-state index in [0.29, 0.717) is 31.9 Å². The second kappa shape index (κ2) is 8.20. The summed E-state index contributed by atoms with van der Waals surface area (Å²) in [6.07, 6.45) is -4.33. The van der Waals surface area contributed by atoms with Gasteiger partial charge in [-0.1, -0.05) is 36.4 Å². The van der Waals surface area contributed by atoms with Crippen LogP contribution in [0.1, 0.15) is 17.0 Å². The molecule has 0 unspecified atom stereocenters. The van der Waals surface area contributed by atoms with Crippen molar-refractivity contribution in [2.45, 2.75) is 19.3 Å². The summed E-state index contributed by atoms with van der Waals surface area (Å²) in [4.78, 5) is 4.20. The van der Waals surface area contributed by atoms with Crippen LogP contribution in [0.25, 0.3) is 0 Å². The molecule has 2 heterocycles. The third-order valence-electron chi connectivity index (χ3n) is 5.06. The Morgan fingerprint density at radius 3 is 2.34 bits per heavy atom. The lowest BCUT2D eigenvalue weighted by Crippen LogP contribution is -2.46. The number of alkyl halides is 3. The molecule has 6 nitrogen and oxygen atoms in total. The Morgan fingerprint density at radius 1 is 0.862 bits per heavy atom. The largest absolute Gasteiger partial charge is 0.416 e. The lowest BCUT2D eigenvalue weighted by Gasteiger charge is -2.36. The van der Waals surface area contributed by atoms with E-state index in [2.05, 4.69) is 20.4 Å². The summed E-state index contributed by atoms with van der Waals surface area (Å²) in [5, 5.41) is 12.0. The van der Waals surface area contributed by atoms with Gasteiger partial charge in [0.1, 0.15) is 0 Å². The summed E-state index contributed by atoms with van der Waals surface area (Å²) in [7, 11) is 0. The third-order valence-corrected chi connectivity index (χ3v) is 5.06. The number of anilines is 1. The molecule has 0 saturated carbocycles. The fraction of sp³-hybridized carbons (Fsp3) is 0.350. The van der Waals surface area contributed by atoms with Gasteiger partial charge in [0.25, 0.3) is 0 Å². The molecule has 1 fully saturated rings. The molecule has 1 aliphatic rings. The zero-order valence-corrected chi connectivity index (χ0v) is 15.8. The molecule has 0 spiro atoms. The lowest BCUT2D eigenvalue weighted by atomic mass is 10.1. The Labute approximate surface area is 166 Å². The highest BCUT2D eigenvalue weighted by molar-refractivity contribution is 5.49. The second-order valence-corrected chi connectivity index (χ2v) is 7.05. The van der Waals surface area contributed by atoms with Gasteiger partial charge in [0.15, 0.2) is 5.82 Å². The smallest absolute Gasteiger partial charge is 0.369 e. The first-order chi connectivity index (χ1) is 14.0. The quantitative estimate of drug-likeness (QED) is 0.657. The fourth-order valence-electron chi connectivity index (χ4n) is 3.46. The summed E-state index contributed by atoms with van der Waals surface area (Å²) < 4.78 is 40.7. The maximum atomic E-state index is 13.0. The Kier molecular flexibility index (Phi) is 5.48. The van der Waals surface area contributed by atoms with E-state index < -0.39 is 11.7 Å². The number of tetrazole rings is 1. The van der Waals surface area contributed by atoms with Crippen molar-refractivity contribution in [1.29, 1.82) is 0 Å². The van der Waals surface area contributed by atoms with E-state index in [9.17, 15) is 13.2 Å². The molecular weight excluding hydrogens is 381 g/mol. The van der Waals surface area contributed by atoms with Gasteiger partial charge in [0, 0.05) is 31.9 Å². The van der Waals surface area contributed by atoms with Crippen LogP contribution in [0.3, 0.4) is 0 Å². The van der Waals surface area contributed by atoms with E-state index in [0.717, 1.165) is 30.5 Å². The number of benzene rings is 2. The molecule has 2 aromatic carbocycles. The highest BCUT2D eigenvalue weighted by Gasteiger charge is 2.31. The number of rotatable bonds is 5. The highest BCUT2D eigenvalue weighted by atomic mass is 19.4. The minimum atomic E-state index is -4.33. The van der Waals surface area contributed by atoms with Crippen LogP contribution in [0.4, 0.5) is 18.9 Å². The van der Waals surface area contributed by atoms with Crippen molar-refractivity contribution < 1.29 is 13.2 Å². The molecule has 1 saturated heterocycles. The number of hydrogen-bond donors (Lipinski definition) is 0. The van der Waals surface area contributed by atoms with Crippen LogP contribution in [-0.4, -0.2) is 51.3 Å². The van der Waals surface area contributed by atoms with Crippen molar-refractivity contribution in [1.82, 2.24) is 25.1 Å². The minimum absolute atomic E-state index is 0.605. The number of halogens is 3. The number of hydrogen-bond acceptors (Lipinski definition) is 5. The molecule has 0 aliphatic carbocycles. The van der Waals surface area contributed by atoms with E-state index in [1.165, 1.54) is 12.1 Å². The van der Waals surface area contributed by atoms with Crippen molar-refractivity contribution in [2.24, 2.45) is 0 Å². The van der Waals surface area contributed by atoms with Crippen LogP contribution in [0.15, 0.2) is 54.6 Å².